The average Bonchev–Trinajstić information content (AvgIpc) is 2.31. The zero-order valence-electron chi connectivity index (χ0n) is 9.24. The molecule has 0 aromatic carbocycles. The Kier molecular flexibility index (Phi) is 2.95. The molecule has 1 N–H and O–H groups in total. The Balaban J connectivity index is 2.84. The van der Waals surface area contributed by atoms with E-state index in [1.54, 1.807) is 0 Å². The summed E-state index contributed by atoms with van der Waals surface area (Å²) in [5.74, 6) is -0.219. The molecule has 0 radical (unpaired) electrons. The van der Waals surface area contributed by atoms with Crippen molar-refractivity contribution >= 4 is 11.6 Å². The van der Waals surface area contributed by atoms with Crippen LogP contribution in [-0.2, 0) is 4.79 Å². The summed E-state index contributed by atoms with van der Waals surface area (Å²) >= 11 is 0. The van der Waals surface area contributed by atoms with Crippen molar-refractivity contribution < 1.29 is 9.90 Å². The second kappa shape index (κ2) is 3.69. The van der Waals surface area contributed by atoms with Gasteiger partial charge in [0.2, 0.25) is 0 Å². The van der Waals surface area contributed by atoms with Gasteiger partial charge in [0.25, 0.3) is 5.91 Å². The van der Waals surface area contributed by atoms with Crippen molar-refractivity contribution in [1.29, 1.82) is 0 Å². The van der Waals surface area contributed by atoms with E-state index in [2.05, 4.69) is 5.10 Å². The molecule has 1 aliphatic heterocycles. The van der Waals surface area contributed by atoms with Gasteiger partial charge < -0.3 is 5.11 Å². The van der Waals surface area contributed by atoms with Crippen LogP contribution in [0.1, 0.15) is 34.1 Å². The Labute approximate surface area is 84.6 Å². The van der Waals surface area contributed by atoms with Gasteiger partial charge in [-0.25, -0.2) is 5.01 Å². The molecule has 1 atom stereocenters. The topological polar surface area (TPSA) is 52.9 Å². The first-order valence-corrected chi connectivity index (χ1v) is 4.88. The van der Waals surface area contributed by atoms with Crippen LogP contribution in [0.15, 0.2) is 5.10 Å². The highest BCUT2D eigenvalue weighted by atomic mass is 16.3. The number of carbonyl (C=O) groups is 1. The standard InChI is InChI=1S/C10H18N2O2/c1-7-8(5-6-13)9(14)12(11-7)10(2,3)4/h8,13H,5-6H2,1-4H3. The maximum Gasteiger partial charge on any atom is 0.252 e. The maximum atomic E-state index is 11.9. The van der Waals surface area contributed by atoms with Gasteiger partial charge in [-0.3, -0.25) is 4.79 Å². The fraction of sp³-hybridized carbons (Fsp3) is 0.800. The molecule has 4 nitrogen and oxygen atoms in total. The lowest BCUT2D eigenvalue weighted by molar-refractivity contribution is -0.136. The Morgan fingerprint density at radius 2 is 2.07 bits per heavy atom. The van der Waals surface area contributed by atoms with Crippen LogP contribution in [0.3, 0.4) is 0 Å². The van der Waals surface area contributed by atoms with Gasteiger partial charge in [-0.15, -0.1) is 0 Å². The summed E-state index contributed by atoms with van der Waals surface area (Å²) in [6.07, 6.45) is 0.473. The minimum atomic E-state index is -0.275. The number of hydrogen-bond acceptors (Lipinski definition) is 3. The maximum absolute atomic E-state index is 11.9. The molecule has 1 aliphatic rings. The highest BCUT2D eigenvalue weighted by Crippen LogP contribution is 2.25. The van der Waals surface area contributed by atoms with Gasteiger partial charge >= 0.3 is 0 Å². The molecule has 4 heteroatoms. The van der Waals surface area contributed by atoms with Crippen LogP contribution in [0.2, 0.25) is 0 Å². The minimum Gasteiger partial charge on any atom is -0.396 e. The second-order valence-corrected chi connectivity index (χ2v) is 4.63. The number of hydrazone groups is 1. The zero-order chi connectivity index (χ0) is 10.9. The third kappa shape index (κ3) is 1.95. The molecular formula is C10H18N2O2. The van der Waals surface area contributed by atoms with Gasteiger partial charge in [-0.05, 0) is 34.1 Å². The van der Waals surface area contributed by atoms with Crippen molar-refractivity contribution in [3.8, 4) is 0 Å². The number of aliphatic hydroxyl groups excluding tert-OH is 1. The summed E-state index contributed by atoms with van der Waals surface area (Å²) in [6, 6.07) is 0. The van der Waals surface area contributed by atoms with Crippen LogP contribution in [0, 0.1) is 5.92 Å². The molecule has 1 heterocycles. The molecule has 0 aromatic heterocycles. The predicted molar refractivity (Wildman–Crippen MR) is 54.9 cm³/mol. The molecule has 0 aliphatic carbocycles. The Bertz CT molecular complexity index is 266. The van der Waals surface area contributed by atoms with Gasteiger partial charge in [0.15, 0.2) is 0 Å². The first kappa shape index (κ1) is 11.2. The molecule has 14 heavy (non-hydrogen) atoms. The monoisotopic (exact) mass is 198 g/mol. The normalized spacial score (nSPS) is 22.9. The van der Waals surface area contributed by atoms with Crippen molar-refractivity contribution in [1.82, 2.24) is 5.01 Å². The van der Waals surface area contributed by atoms with Crippen LogP contribution >= 0.6 is 0 Å². The predicted octanol–water partition coefficient (Wildman–Crippen LogP) is 1.00. The quantitative estimate of drug-likeness (QED) is 0.719. The largest absolute Gasteiger partial charge is 0.396 e. The van der Waals surface area contributed by atoms with Gasteiger partial charge in [-0.1, -0.05) is 0 Å². The van der Waals surface area contributed by atoms with Gasteiger partial charge in [0.05, 0.1) is 11.5 Å². The number of nitrogens with zero attached hydrogens (tertiary/aromatic N) is 2. The molecule has 1 unspecified atom stereocenters. The number of hydrogen-bond donors (Lipinski definition) is 1. The lowest BCUT2D eigenvalue weighted by Gasteiger charge is -2.28. The van der Waals surface area contributed by atoms with E-state index in [0.29, 0.717) is 6.42 Å². The molecular weight excluding hydrogens is 180 g/mol. The smallest absolute Gasteiger partial charge is 0.252 e. The summed E-state index contributed by atoms with van der Waals surface area (Å²) in [5, 5.41) is 14.6. The van der Waals surface area contributed by atoms with E-state index in [1.807, 2.05) is 27.7 Å². The van der Waals surface area contributed by atoms with E-state index in [9.17, 15) is 4.79 Å². The van der Waals surface area contributed by atoms with Gasteiger partial charge in [0, 0.05) is 12.3 Å². The molecule has 0 aromatic rings. The van der Waals surface area contributed by atoms with Crippen molar-refractivity contribution in [2.75, 3.05) is 6.61 Å². The first-order chi connectivity index (χ1) is 6.38. The molecule has 0 spiro atoms. The highest BCUT2D eigenvalue weighted by Gasteiger charge is 2.38. The fourth-order valence-electron chi connectivity index (χ4n) is 1.55. The average molecular weight is 198 g/mol. The van der Waals surface area contributed by atoms with Crippen LogP contribution in [0.4, 0.5) is 0 Å². The van der Waals surface area contributed by atoms with Crippen LogP contribution in [0.5, 0.6) is 0 Å². The van der Waals surface area contributed by atoms with E-state index < -0.39 is 0 Å². The lowest BCUT2D eigenvalue weighted by atomic mass is 9.99. The fourth-order valence-corrected chi connectivity index (χ4v) is 1.55. The van der Waals surface area contributed by atoms with Crippen molar-refractivity contribution in [2.45, 2.75) is 39.7 Å². The van der Waals surface area contributed by atoms with E-state index in [1.165, 1.54) is 5.01 Å². The third-order valence-corrected chi connectivity index (χ3v) is 2.32. The Morgan fingerprint density at radius 3 is 2.43 bits per heavy atom. The van der Waals surface area contributed by atoms with Crippen molar-refractivity contribution in [2.24, 2.45) is 11.0 Å². The summed E-state index contributed by atoms with van der Waals surface area (Å²) in [6.45, 7) is 7.71. The molecule has 0 saturated heterocycles. The molecule has 1 rings (SSSR count). The van der Waals surface area contributed by atoms with E-state index >= 15 is 0 Å². The SMILES string of the molecule is CC1=NN(C(C)(C)C)C(=O)C1CCO. The highest BCUT2D eigenvalue weighted by molar-refractivity contribution is 6.07. The van der Waals surface area contributed by atoms with Crippen LogP contribution in [-0.4, -0.2) is 33.9 Å². The van der Waals surface area contributed by atoms with E-state index in [0.717, 1.165) is 5.71 Å². The molecule has 80 valence electrons. The molecule has 1 amide bonds. The number of carbonyl (C=O) groups excluding carboxylic acids is 1. The van der Waals surface area contributed by atoms with E-state index in [-0.39, 0.29) is 24.0 Å². The van der Waals surface area contributed by atoms with Crippen LogP contribution in [0.25, 0.3) is 0 Å². The number of amides is 1. The van der Waals surface area contributed by atoms with Gasteiger partial charge in [0.1, 0.15) is 0 Å². The summed E-state index contributed by atoms with van der Waals surface area (Å²) in [4.78, 5) is 11.9. The lowest BCUT2D eigenvalue weighted by Crippen LogP contribution is -2.41. The Morgan fingerprint density at radius 1 is 1.50 bits per heavy atom. The number of rotatable bonds is 2. The molecule has 0 fully saturated rings. The summed E-state index contributed by atoms with van der Waals surface area (Å²) in [5.41, 5.74) is 0.529. The molecule has 0 bridgehead atoms. The summed E-state index contributed by atoms with van der Waals surface area (Å²) in [7, 11) is 0. The third-order valence-electron chi connectivity index (χ3n) is 2.32. The zero-order valence-corrected chi connectivity index (χ0v) is 9.24. The van der Waals surface area contributed by atoms with Crippen molar-refractivity contribution in [3.63, 3.8) is 0 Å². The minimum absolute atomic E-state index is 0.00375. The molecule has 0 saturated carbocycles. The van der Waals surface area contributed by atoms with Gasteiger partial charge in [-0.2, -0.15) is 5.10 Å². The second-order valence-electron chi connectivity index (χ2n) is 4.63. The van der Waals surface area contributed by atoms with Crippen LogP contribution < -0.4 is 0 Å². The van der Waals surface area contributed by atoms with E-state index in [4.69, 9.17) is 5.11 Å². The number of aliphatic hydroxyl groups is 1. The Hall–Kier alpha value is -0.900. The van der Waals surface area contributed by atoms with Crippen molar-refractivity contribution in [3.05, 3.63) is 0 Å². The first-order valence-electron chi connectivity index (χ1n) is 4.88. The summed E-state index contributed by atoms with van der Waals surface area (Å²) < 4.78 is 0.